The van der Waals surface area contributed by atoms with E-state index in [1.165, 1.54) is 0 Å². The molecule has 0 saturated carbocycles. The average Bonchev–Trinajstić information content (AvgIpc) is 2.33. The molecule has 0 atom stereocenters. The van der Waals surface area contributed by atoms with Gasteiger partial charge in [0, 0.05) is 28.6 Å². The maximum absolute atomic E-state index is 12.1. The van der Waals surface area contributed by atoms with E-state index in [1.54, 1.807) is 6.07 Å². The van der Waals surface area contributed by atoms with Crippen LogP contribution in [0.25, 0.3) is 0 Å². The third-order valence-electron chi connectivity index (χ3n) is 3.25. The van der Waals surface area contributed by atoms with Gasteiger partial charge in [-0.3, -0.25) is 4.79 Å². The maximum Gasteiger partial charge on any atom is 0.227 e. The van der Waals surface area contributed by atoms with Crippen LogP contribution in [0.4, 0.5) is 0 Å². The molecule has 1 fully saturated rings. The fourth-order valence-corrected chi connectivity index (χ4v) is 2.91. The van der Waals surface area contributed by atoms with Crippen molar-refractivity contribution in [2.75, 3.05) is 13.1 Å². The molecule has 0 unspecified atom stereocenters. The number of carbonyl (C=O) groups excluding carboxylic acids is 1. The smallest absolute Gasteiger partial charge is 0.227 e. The van der Waals surface area contributed by atoms with Gasteiger partial charge in [0.15, 0.2) is 0 Å². The molecular formula is C13H17BrCl2N2O. The van der Waals surface area contributed by atoms with Crippen LogP contribution in [-0.4, -0.2) is 29.9 Å². The largest absolute Gasteiger partial charge is 0.342 e. The van der Waals surface area contributed by atoms with Gasteiger partial charge in [0.2, 0.25) is 5.91 Å². The van der Waals surface area contributed by atoms with Gasteiger partial charge in [-0.05, 0) is 30.5 Å². The second-order valence-corrected chi connectivity index (χ2v) is 5.92. The zero-order valence-corrected chi connectivity index (χ0v) is 13.6. The molecule has 3 nitrogen and oxygen atoms in total. The number of nitrogens with two attached hydrogens (primary N) is 1. The molecule has 2 N–H and O–H groups in total. The Balaban J connectivity index is 0.00000180. The van der Waals surface area contributed by atoms with E-state index in [0.29, 0.717) is 11.4 Å². The molecule has 0 spiro atoms. The molecule has 1 saturated heterocycles. The highest BCUT2D eigenvalue weighted by Crippen LogP contribution is 2.22. The first kappa shape index (κ1) is 16.8. The Kier molecular flexibility index (Phi) is 6.60. The lowest BCUT2D eigenvalue weighted by Gasteiger charge is -2.30. The van der Waals surface area contributed by atoms with Crippen molar-refractivity contribution in [2.24, 2.45) is 5.73 Å². The monoisotopic (exact) mass is 366 g/mol. The average molecular weight is 368 g/mol. The van der Waals surface area contributed by atoms with E-state index < -0.39 is 0 Å². The lowest BCUT2D eigenvalue weighted by Crippen LogP contribution is -2.43. The van der Waals surface area contributed by atoms with Gasteiger partial charge in [0.25, 0.3) is 0 Å². The summed E-state index contributed by atoms with van der Waals surface area (Å²) in [5, 5.41) is 0.669. The molecule has 1 amide bonds. The van der Waals surface area contributed by atoms with Gasteiger partial charge < -0.3 is 10.6 Å². The summed E-state index contributed by atoms with van der Waals surface area (Å²) in [4.78, 5) is 14.0. The van der Waals surface area contributed by atoms with Crippen LogP contribution in [0.5, 0.6) is 0 Å². The maximum atomic E-state index is 12.1. The minimum atomic E-state index is 0. The SMILES string of the molecule is Cl.NC1CCN(C(=O)Cc2ccc(Cl)cc2Br)CC1. The van der Waals surface area contributed by atoms with E-state index in [-0.39, 0.29) is 24.4 Å². The molecule has 0 bridgehead atoms. The number of hydrogen-bond donors (Lipinski definition) is 1. The Morgan fingerprint density at radius 1 is 1.42 bits per heavy atom. The Bertz CT molecular complexity index is 448. The number of nitrogens with zero attached hydrogens (tertiary/aromatic N) is 1. The van der Waals surface area contributed by atoms with Crippen LogP contribution in [0, 0.1) is 0 Å². The molecule has 1 aromatic carbocycles. The van der Waals surface area contributed by atoms with Crippen molar-refractivity contribution in [3.63, 3.8) is 0 Å². The topological polar surface area (TPSA) is 46.3 Å². The van der Waals surface area contributed by atoms with Crippen molar-refractivity contribution >= 4 is 45.8 Å². The zero-order chi connectivity index (χ0) is 13.1. The standard InChI is InChI=1S/C13H16BrClN2O.ClH/c14-12-8-10(15)2-1-9(12)7-13(18)17-5-3-11(16)4-6-17;/h1-2,8,11H,3-7,16H2;1H. The minimum Gasteiger partial charge on any atom is -0.342 e. The zero-order valence-electron chi connectivity index (χ0n) is 10.4. The first-order valence-corrected chi connectivity index (χ1v) is 7.20. The second kappa shape index (κ2) is 7.48. The summed E-state index contributed by atoms with van der Waals surface area (Å²) >= 11 is 9.31. The molecule has 19 heavy (non-hydrogen) atoms. The first-order chi connectivity index (χ1) is 8.56. The highest BCUT2D eigenvalue weighted by atomic mass is 79.9. The number of likely N-dealkylation sites (tertiary alicyclic amines) is 1. The predicted molar refractivity (Wildman–Crippen MR) is 83.9 cm³/mol. The van der Waals surface area contributed by atoms with Gasteiger partial charge in [-0.15, -0.1) is 12.4 Å². The third kappa shape index (κ3) is 4.63. The Labute approximate surface area is 133 Å². The Hall–Kier alpha value is -0.290. The minimum absolute atomic E-state index is 0. The van der Waals surface area contributed by atoms with Crippen LogP contribution in [0.2, 0.25) is 5.02 Å². The molecule has 1 heterocycles. The summed E-state index contributed by atoms with van der Waals surface area (Å²) in [7, 11) is 0. The van der Waals surface area contributed by atoms with Crippen molar-refractivity contribution in [3.05, 3.63) is 33.3 Å². The van der Waals surface area contributed by atoms with E-state index in [9.17, 15) is 4.79 Å². The normalized spacial score (nSPS) is 16.1. The molecule has 6 heteroatoms. The quantitative estimate of drug-likeness (QED) is 0.873. The lowest BCUT2D eigenvalue weighted by molar-refractivity contribution is -0.131. The van der Waals surface area contributed by atoms with Gasteiger partial charge in [0.1, 0.15) is 0 Å². The number of piperidine rings is 1. The molecule has 1 aliphatic rings. The Morgan fingerprint density at radius 3 is 2.63 bits per heavy atom. The number of carbonyl (C=O) groups is 1. The highest BCUT2D eigenvalue weighted by Gasteiger charge is 2.21. The van der Waals surface area contributed by atoms with Crippen LogP contribution in [0.1, 0.15) is 18.4 Å². The molecular weight excluding hydrogens is 351 g/mol. The van der Waals surface area contributed by atoms with Crippen molar-refractivity contribution in [1.29, 1.82) is 0 Å². The third-order valence-corrected chi connectivity index (χ3v) is 4.22. The summed E-state index contributed by atoms with van der Waals surface area (Å²) < 4.78 is 0.886. The van der Waals surface area contributed by atoms with E-state index in [0.717, 1.165) is 36.0 Å². The van der Waals surface area contributed by atoms with Crippen LogP contribution in [0.15, 0.2) is 22.7 Å². The molecule has 1 aliphatic heterocycles. The van der Waals surface area contributed by atoms with Gasteiger partial charge >= 0.3 is 0 Å². The summed E-state index contributed by atoms with van der Waals surface area (Å²) in [5.74, 6) is 0.157. The molecule has 2 rings (SSSR count). The number of rotatable bonds is 2. The van der Waals surface area contributed by atoms with Crippen LogP contribution < -0.4 is 5.73 Å². The fraction of sp³-hybridized carbons (Fsp3) is 0.462. The van der Waals surface area contributed by atoms with Crippen LogP contribution in [-0.2, 0) is 11.2 Å². The number of amides is 1. The van der Waals surface area contributed by atoms with Gasteiger partial charge in [0.05, 0.1) is 6.42 Å². The molecule has 0 aromatic heterocycles. The van der Waals surface area contributed by atoms with E-state index in [4.69, 9.17) is 17.3 Å². The van der Waals surface area contributed by atoms with Gasteiger partial charge in [-0.2, -0.15) is 0 Å². The van der Waals surface area contributed by atoms with E-state index in [2.05, 4.69) is 15.9 Å². The van der Waals surface area contributed by atoms with Crippen molar-refractivity contribution in [3.8, 4) is 0 Å². The van der Waals surface area contributed by atoms with E-state index >= 15 is 0 Å². The van der Waals surface area contributed by atoms with Crippen molar-refractivity contribution < 1.29 is 4.79 Å². The van der Waals surface area contributed by atoms with Crippen molar-refractivity contribution in [2.45, 2.75) is 25.3 Å². The predicted octanol–water partition coefficient (Wildman–Crippen LogP) is 3.02. The summed E-state index contributed by atoms with van der Waals surface area (Å²) in [6.45, 7) is 1.54. The lowest BCUT2D eigenvalue weighted by atomic mass is 10.0. The number of halogens is 3. The molecule has 106 valence electrons. The summed E-state index contributed by atoms with van der Waals surface area (Å²) in [6, 6.07) is 5.76. The highest BCUT2D eigenvalue weighted by molar-refractivity contribution is 9.10. The summed E-state index contributed by atoms with van der Waals surface area (Å²) in [5.41, 5.74) is 6.80. The van der Waals surface area contributed by atoms with E-state index in [1.807, 2.05) is 17.0 Å². The number of benzene rings is 1. The van der Waals surface area contributed by atoms with Crippen molar-refractivity contribution in [1.82, 2.24) is 4.90 Å². The van der Waals surface area contributed by atoms with Crippen LogP contribution >= 0.6 is 39.9 Å². The Morgan fingerprint density at radius 2 is 2.05 bits per heavy atom. The molecule has 0 radical (unpaired) electrons. The van der Waals surface area contributed by atoms with Gasteiger partial charge in [-0.25, -0.2) is 0 Å². The second-order valence-electron chi connectivity index (χ2n) is 4.63. The van der Waals surface area contributed by atoms with Crippen LogP contribution in [0.3, 0.4) is 0 Å². The number of hydrogen-bond acceptors (Lipinski definition) is 2. The fourth-order valence-electron chi connectivity index (χ4n) is 2.09. The van der Waals surface area contributed by atoms with Gasteiger partial charge in [-0.1, -0.05) is 33.6 Å². The molecule has 0 aliphatic carbocycles. The summed E-state index contributed by atoms with van der Waals surface area (Å²) in [6.07, 6.45) is 2.20. The molecule has 1 aromatic rings. The first-order valence-electron chi connectivity index (χ1n) is 6.03.